The molecule has 288 valence electrons. The Labute approximate surface area is 308 Å². The van der Waals surface area contributed by atoms with E-state index in [9.17, 15) is 35.1 Å². The van der Waals surface area contributed by atoms with Crippen LogP contribution in [0.25, 0.3) is 0 Å². The SMILES string of the molecule is CC(=CC=CC(C)=CC[C@@H](O)C[C@@H](C)O)C=C(C)C=C(C(=O)O)[C@H]1CCCC(=O)O[C@@H]([C@@H](C)CC(C)=C[C@@H](C)[C@H](O)C[C@@H](C)O)CC=CC[C@@H]1C. The van der Waals surface area contributed by atoms with E-state index >= 15 is 0 Å². The Hall–Kier alpha value is -3.04. The van der Waals surface area contributed by atoms with E-state index < -0.39 is 30.4 Å². The van der Waals surface area contributed by atoms with Crippen molar-refractivity contribution in [1.82, 2.24) is 0 Å². The predicted octanol–water partition coefficient (Wildman–Crippen LogP) is 8.34. The van der Waals surface area contributed by atoms with Gasteiger partial charge in [-0.05, 0) is 110 Å². The van der Waals surface area contributed by atoms with Gasteiger partial charge in [0, 0.05) is 24.3 Å². The fourth-order valence-electron chi connectivity index (χ4n) is 6.63. The number of cyclic esters (lactones) is 1. The number of hydrogen-bond donors (Lipinski definition) is 5. The van der Waals surface area contributed by atoms with Crippen molar-refractivity contribution < 1.29 is 39.9 Å². The fourth-order valence-corrected chi connectivity index (χ4v) is 6.63. The summed E-state index contributed by atoms with van der Waals surface area (Å²) < 4.78 is 5.98. The zero-order chi connectivity index (χ0) is 38.7. The number of hydrogen-bond acceptors (Lipinski definition) is 7. The first-order valence-corrected chi connectivity index (χ1v) is 18.8. The first-order valence-electron chi connectivity index (χ1n) is 18.8. The van der Waals surface area contributed by atoms with Crippen LogP contribution in [0.15, 0.2) is 82.5 Å². The van der Waals surface area contributed by atoms with E-state index in [0.29, 0.717) is 56.9 Å². The summed E-state index contributed by atoms with van der Waals surface area (Å²) in [5.41, 5.74) is 4.23. The van der Waals surface area contributed by atoms with Crippen LogP contribution in [0, 0.1) is 23.7 Å². The Balaban J connectivity index is 3.04. The van der Waals surface area contributed by atoms with Crippen molar-refractivity contribution in [3.05, 3.63) is 82.5 Å². The van der Waals surface area contributed by atoms with Gasteiger partial charge in [0.25, 0.3) is 0 Å². The average Bonchev–Trinajstić information content (AvgIpc) is 3.01. The number of aliphatic hydroxyl groups excluding tert-OH is 4. The highest BCUT2D eigenvalue weighted by atomic mass is 16.5. The molecule has 0 aliphatic carbocycles. The Morgan fingerprint density at radius 2 is 1.57 bits per heavy atom. The number of esters is 1. The quantitative estimate of drug-likeness (QED) is 0.0438. The van der Waals surface area contributed by atoms with Crippen LogP contribution in [0.1, 0.15) is 120 Å². The van der Waals surface area contributed by atoms with Gasteiger partial charge < -0.3 is 30.3 Å². The highest BCUT2D eigenvalue weighted by molar-refractivity contribution is 5.88. The maximum Gasteiger partial charge on any atom is 0.331 e. The molecule has 0 radical (unpaired) electrons. The van der Waals surface area contributed by atoms with E-state index in [1.807, 2.05) is 77.2 Å². The molecule has 1 heterocycles. The van der Waals surface area contributed by atoms with Gasteiger partial charge in [0.2, 0.25) is 0 Å². The van der Waals surface area contributed by atoms with Crippen LogP contribution in [0.3, 0.4) is 0 Å². The summed E-state index contributed by atoms with van der Waals surface area (Å²) in [5, 5.41) is 49.7. The zero-order valence-electron chi connectivity index (χ0n) is 32.7. The molecule has 1 rings (SSSR count). The highest BCUT2D eigenvalue weighted by Crippen LogP contribution is 2.32. The standard InChI is InChI=1S/C43H68O8/c1-28(20-21-37(46)26-35(8)44)14-12-15-29(2)22-30(3)25-39(43(49)50)38-17-13-19-42(48)51-41(18-11-10-16-32(38)5)34(7)24-31(4)23-33(6)40(47)27-36(9)45/h10-12,14-15,20,22-23,25,32-38,40-41,44-47H,13,16-19,21,24,26-27H2,1-9H3,(H,49,50)/t32-,33+,34-,35+,36+,37+,38-,40+,41+/m0/s1. The zero-order valence-corrected chi connectivity index (χ0v) is 32.7. The topological polar surface area (TPSA) is 145 Å². The van der Waals surface area contributed by atoms with Gasteiger partial charge in [-0.15, -0.1) is 0 Å². The van der Waals surface area contributed by atoms with Gasteiger partial charge >= 0.3 is 11.9 Å². The number of carbonyl (C=O) groups excluding carboxylic acids is 1. The van der Waals surface area contributed by atoms with Crippen molar-refractivity contribution >= 4 is 11.9 Å². The lowest BCUT2D eigenvalue weighted by Crippen LogP contribution is -2.26. The maximum atomic E-state index is 13.0. The average molecular weight is 713 g/mol. The molecule has 1 aliphatic rings. The van der Waals surface area contributed by atoms with Gasteiger partial charge in [-0.25, -0.2) is 4.79 Å². The summed E-state index contributed by atoms with van der Waals surface area (Å²) in [7, 11) is 0. The summed E-state index contributed by atoms with van der Waals surface area (Å²) in [6.07, 6.45) is 19.4. The molecule has 0 aromatic heterocycles. The summed E-state index contributed by atoms with van der Waals surface area (Å²) in [5.74, 6) is -1.45. The number of carboxylic acids is 1. The summed E-state index contributed by atoms with van der Waals surface area (Å²) in [6.45, 7) is 17.2. The van der Waals surface area contributed by atoms with Crippen molar-refractivity contribution in [1.29, 1.82) is 0 Å². The minimum absolute atomic E-state index is 0.0518. The normalized spacial score (nSPS) is 24.6. The second kappa shape index (κ2) is 24.2. The summed E-state index contributed by atoms with van der Waals surface area (Å²) in [4.78, 5) is 25.6. The van der Waals surface area contributed by atoms with Gasteiger partial charge in [0.05, 0.1) is 24.4 Å². The molecular weight excluding hydrogens is 644 g/mol. The van der Waals surface area contributed by atoms with Gasteiger partial charge in [0.1, 0.15) is 6.10 Å². The number of rotatable bonds is 17. The molecule has 0 spiro atoms. The van der Waals surface area contributed by atoms with Crippen LogP contribution < -0.4 is 0 Å². The van der Waals surface area contributed by atoms with Crippen LogP contribution in [0.5, 0.6) is 0 Å². The second-order valence-electron chi connectivity index (χ2n) is 15.1. The molecule has 0 aromatic rings. The van der Waals surface area contributed by atoms with E-state index in [0.717, 1.165) is 22.3 Å². The third-order valence-corrected chi connectivity index (χ3v) is 9.45. The van der Waals surface area contributed by atoms with E-state index in [1.54, 1.807) is 19.9 Å². The van der Waals surface area contributed by atoms with Crippen molar-refractivity contribution in [3.63, 3.8) is 0 Å². The number of aliphatic hydroxyl groups is 4. The Morgan fingerprint density at radius 1 is 0.922 bits per heavy atom. The lowest BCUT2D eigenvalue weighted by atomic mass is 9.80. The number of ether oxygens (including phenoxy) is 1. The lowest BCUT2D eigenvalue weighted by Gasteiger charge is -2.27. The first-order chi connectivity index (χ1) is 23.9. The number of allylic oxidation sites excluding steroid dienone is 10. The molecule has 0 unspecified atom stereocenters. The van der Waals surface area contributed by atoms with Crippen LogP contribution >= 0.6 is 0 Å². The third kappa shape index (κ3) is 20.0. The number of carbonyl (C=O) groups is 2. The molecule has 0 saturated carbocycles. The van der Waals surface area contributed by atoms with Crippen LogP contribution in [0.4, 0.5) is 0 Å². The second-order valence-corrected chi connectivity index (χ2v) is 15.1. The molecule has 0 aromatic carbocycles. The molecule has 9 atom stereocenters. The van der Waals surface area contributed by atoms with E-state index in [1.165, 1.54) is 0 Å². The Morgan fingerprint density at radius 3 is 2.20 bits per heavy atom. The molecule has 0 bridgehead atoms. The van der Waals surface area contributed by atoms with Gasteiger partial charge in [0.15, 0.2) is 0 Å². The van der Waals surface area contributed by atoms with Crippen molar-refractivity contribution in [2.75, 3.05) is 0 Å². The fraction of sp³-hybridized carbons (Fsp3) is 0.628. The molecule has 0 fully saturated rings. The third-order valence-electron chi connectivity index (χ3n) is 9.45. The van der Waals surface area contributed by atoms with Crippen LogP contribution in [-0.2, 0) is 14.3 Å². The Kier molecular flexibility index (Phi) is 21.9. The summed E-state index contributed by atoms with van der Waals surface area (Å²) in [6, 6.07) is 0. The summed E-state index contributed by atoms with van der Waals surface area (Å²) >= 11 is 0. The molecule has 0 saturated heterocycles. The maximum absolute atomic E-state index is 13.0. The number of carboxylic acid groups (broad SMARTS) is 1. The van der Waals surface area contributed by atoms with Gasteiger partial charge in [-0.1, -0.05) is 91.7 Å². The minimum Gasteiger partial charge on any atom is -0.478 e. The Bertz CT molecular complexity index is 1290. The first kappa shape index (κ1) is 46.0. The molecule has 51 heavy (non-hydrogen) atoms. The molecular formula is C43H68O8. The number of aliphatic carboxylic acids is 1. The van der Waals surface area contributed by atoms with Crippen molar-refractivity contribution in [3.8, 4) is 0 Å². The monoisotopic (exact) mass is 712 g/mol. The molecule has 1 aliphatic heterocycles. The van der Waals surface area contributed by atoms with Gasteiger partial charge in [-0.2, -0.15) is 0 Å². The molecule has 8 nitrogen and oxygen atoms in total. The van der Waals surface area contributed by atoms with Crippen molar-refractivity contribution in [2.24, 2.45) is 23.7 Å². The minimum atomic E-state index is -0.955. The van der Waals surface area contributed by atoms with E-state index in [-0.39, 0.29) is 42.2 Å². The van der Waals surface area contributed by atoms with Gasteiger partial charge in [-0.3, -0.25) is 4.79 Å². The lowest BCUT2D eigenvalue weighted by molar-refractivity contribution is -0.151. The molecule has 5 N–H and O–H groups in total. The van der Waals surface area contributed by atoms with Crippen molar-refractivity contribution in [2.45, 2.75) is 151 Å². The highest BCUT2D eigenvalue weighted by Gasteiger charge is 2.28. The van der Waals surface area contributed by atoms with Crippen LogP contribution in [-0.4, -0.2) is 68.0 Å². The smallest absolute Gasteiger partial charge is 0.331 e. The van der Waals surface area contributed by atoms with E-state index in [4.69, 9.17) is 4.74 Å². The van der Waals surface area contributed by atoms with Crippen LogP contribution in [0.2, 0.25) is 0 Å². The van der Waals surface area contributed by atoms with E-state index in [2.05, 4.69) is 19.9 Å². The predicted molar refractivity (Wildman–Crippen MR) is 207 cm³/mol. The molecule has 8 heteroatoms. The molecule has 0 amide bonds. The largest absolute Gasteiger partial charge is 0.478 e.